The molecule has 0 rings (SSSR count). The maximum absolute atomic E-state index is 5.76. The van der Waals surface area contributed by atoms with E-state index in [4.69, 9.17) is 23.2 Å². The fraction of sp³-hybridized carbons (Fsp3) is 0.500. The maximum Gasteiger partial charge on any atom is 0.150 e. The van der Waals surface area contributed by atoms with Crippen molar-refractivity contribution in [3.63, 3.8) is 0 Å². The summed E-state index contributed by atoms with van der Waals surface area (Å²) in [5.74, 6) is 0. The highest BCUT2D eigenvalue weighted by atomic mass is 35.5. The van der Waals surface area contributed by atoms with Crippen molar-refractivity contribution in [3.8, 4) is 0 Å². The summed E-state index contributed by atoms with van der Waals surface area (Å²) in [4.78, 5) is 0. The van der Waals surface area contributed by atoms with Crippen molar-refractivity contribution in [1.82, 2.24) is 0 Å². The second-order valence-corrected chi connectivity index (χ2v) is 3.23. The number of hydrogen-bond donors (Lipinski definition) is 0. The van der Waals surface area contributed by atoms with Gasteiger partial charge in [0.25, 0.3) is 0 Å². The molecule has 0 atom stereocenters. The molecule has 0 aliphatic rings. The van der Waals surface area contributed by atoms with Crippen LogP contribution in [0.15, 0.2) is 32.6 Å². The van der Waals surface area contributed by atoms with E-state index in [2.05, 4.69) is 16.8 Å². The Balaban J connectivity index is 4.07. The molecule has 2 nitrogen and oxygen atoms in total. The van der Waals surface area contributed by atoms with E-state index in [1.165, 1.54) is 0 Å². The van der Waals surface area contributed by atoms with Crippen LogP contribution < -0.4 is 0 Å². The number of hydrogen-bond acceptors (Lipinski definition) is 2. The molecule has 0 unspecified atom stereocenters. The molecule has 0 fully saturated rings. The molecule has 0 heterocycles. The minimum absolute atomic E-state index is 0.314. The van der Waals surface area contributed by atoms with Crippen molar-refractivity contribution < 1.29 is 0 Å². The molecule has 0 aliphatic carbocycles. The zero-order chi connectivity index (χ0) is 9.56. The normalized spacial score (nSPS) is 13.3. The Morgan fingerprint density at radius 3 is 2.42 bits per heavy atom. The third-order valence-corrected chi connectivity index (χ3v) is 1.80. The third kappa shape index (κ3) is 5.33. The number of rotatable bonds is 4. The molecule has 4 heteroatoms. The van der Waals surface area contributed by atoms with Crippen LogP contribution in [0.25, 0.3) is 0 Å². The molecule has 0 bridgehead atoms. The summed E-state index contributed by atoms with van der Waals surface area (Å²) < 4.78 is 0. The van der Waals surface area contributed by atoms with Crippen LogP contribution in [0, 0.1) is 0 Å². The van der Waals surface area contributed by atoms with Gasteiger partial charge in [0.1, 0.15) is 5.16 Å². The van der Waals surface area contributed by atoms with Gasteiger partial charge in [-0.1, -0.05) is 36.7 Å². The largest absolute Gasteiger partial charge is 0.182 e. The summed E-state index contributed by atoms with van der Waals surface area (Å²) in [6.07, 6.45) is 0.875. The minimum atomic E-state index is 0.314. The van der Waals surface area contributed by atoms with E-state index in [1.54, 1.807) is 0 Å². The standard InChI is InChI=1S/C8H12Cl2N2/c1-4-6(2)8(10)12-11-5-7(3)9/h3-5H2,1-2H3/b8-6+,12-11?. The fourth-order valence-electron chi connectivity index (χ4n) is 0.405. The predicted molar refractivity (Wildman–Crippen MR) is 53.6 cm³/mol. The Morgan fingerprint density at radius 1 is 1.42 bits per heavy atom. The van der Waals surface area contributed by atoms with Crippen molar-refractivity contribution in [3.05, 3.63) is 22.3 Å². The van der Waals surface area contributed by atoms with Crippen molar-refractivity contribution >= 4 is 23.2 Å². The molecule has 0 aromatic rings. The van der Waals surface area contributed by atoms with Crippen LogP contribution in [0.3, 0.4) is 0 Å². The van der Waals surface area contributed by atoms with Crippen LogP contribution in [0.4, 0.5) is 0 Å². The van der Waals surface area contributed by atoms with E-state index in [0.29, 0.717) is 16.7 Å². The Bertz CT molecular complexity index is 219. The molecule has 12 heavy (non-hydrogen) atoms. The fourth-order valence-corrected chi connectivity index (χ4v) is 0.646. The topological polar surface area (TPSA) is 24.7 Å². The lowest BCUT2D eigenvalue weighted by Gasteiger charge is -1.94. The first kappa shape index (κ1) is 11.7. The smallest absolute Gasteiger partial charge is 0.150 e. The highest BCUT2D eigenvalue weighted by molar-refractivity contribution is 6.30. The summed E-state index contributed by atoms with van der Waals surface area (Å²) >= 11 is 11.2. The predicted octanol–water partition coefficient (Wildman–Crippen LogP) is 4.07. The lowest BCUT2D eigenvalue weighted by molar-refractivity contribution is 1.00. The van der Waals surface area contributed by atoms with Gasteiger partial charge in [-0.05, 0) is 18.9 Å². The van der Waals surface area contributed by atoms with Crippen LogP contribution in [0.2, 0.25) is 0 Å². The molecular weight excluding hydrogens is 195 g/mol. The first-order chi connectivity index (χ1) is 5.57. The lowest BCUT2D eigenvalue weighted by atomic mass is 10.3. The van der Waals surface area contributed by atoms with E-state index >= 15 is 0 Å². The van der Waals surface area contributed by atoms with Gasteiger partial charge in [0.15, 0.2) is 0 Å². The molecule has 0 radical (unpaired) electrons. The molecule has 68 valence electrons. The van der Waals surface area contributed by atoms with E-state index in [9.17, 15) is 0 Å². The highest BCUT2D eigenvalue weighted by Gasteiger charge is 1.93. The van der Waals surface area contributed by atoms with Gasteiger partial charge in [-0.3, -0.25) is 0 Å². The molecule has 0 aromatic carbocycles. The van der Waals surface area contributed by atoms with Crippen molar-refractivity contribution in [2.45, 2.75) is 20.3 Å². The van der Waals surface area contributed by atoms with E-state index < -0.39 is 0 Å². The monoisotopic (exact) mass is 206 g/mol. The van der Waals surface area contributed by atoms with Crippen molar-refractivity contribution in [2.24, 2.45) is 10.2 Å². The average Bonchev–Trinajstić information content (AvgIpc) is 2.02. The Labute approximate surface area is 83.0 Å². The SMILES string of the molecule is C=C(Cl)CN=N/C(Cl)=C(\C)CC. The van der Waals surface area contributed by atoms with Gasteiger partial charge in [0, 0.05) is 5.03 Å². The Morgan fingerprint density at radius 2 is 2.00 bits per heavy atom. The van der Waals surface area contributed by atoms with Crippen molar-refractivity contribution in [2.75, 3.05) is 6.54 Å². The number of halogens is 2. The molecule has 0 spiro atoms. The molecule has 0 saturated carbocycles. The first-order valence-electron chi connectivity index (χ1n) is 3.64. The quantitative estimate of drug-likeness (QED) is 0.490. The second kappa shape index (κ2) is 6.21. The molecule has 0 N–H and O–H groups in total. The summed E-state index contributed by atoms with van der Waals surface area (Å²) in [6.45, 7) is 7.70. The van der Waals surface area contributed by atoms with Gasteiger partial charge in [-0.25, -0.2) is 0 Å². The Hall–Kier alpha value is -0.340. The molecule has 0 amide bonds. The zero-order valence-corrected chi connectivity index (χ0v) is 8.78. The summed E-state index contributed by atoms with van der Waals surface area (Å²) in [5.41, 5.74) is 1.01. The van der Waals surface area contributed by atoms with Crippen molar-refractivity contribution in [1.29, 1.82) is 0 Å². The lowest BCUT2D eigenvalue weighted by Crippen LogP contribution is -1.78. The van der Waals surface area contributed by atoms with Gasteiger partial charge in [0.05, 0.1) is 6.54 Å². The highest BCUT2D eigenvalue weighted by Crippen LogP contribution is 2.14. The van der Waals surface area contributed by atoms with Gasteiger partial charge in [-0.15, -0.1) is 5.11 Å². The van der Waals surface area contributed by atoms with Crippen LogP contribution in [0.1, 0.15) is 20.3 Å². The minimum Gasteiger partial charge on any atom is -0.182 e. The van der Waals surface area contributed by atoms with Crippen LogP contribution in [-0.2, 0) is 0 Å². The molecule has 0 aliphatic heterocycles. The van der Waals surface area contributed by atoms with Gasteiger partial charge in [0.2, 0.25) is 0 Å². The van der Waals surface area contributed by atoms with E-state index in [0.717, 1.165) is 12.0 Å². The summed E-state index contributed by atoms with van der Waals surface area (Å²) in [5, 5.41) is 8.40. The first-order valence-corrected chi connectivity index (χ1v) is 4.39. The van der Waals surface area contributed by atoms with Gasteiger partial charge in [-0.2, -0.15) is 5.11 Å². The summed E-state index contributed by atoms with van der Waals surface area (Å²) in [6, 6.07) is 0. The van der Waals surface area contributed by atoms with Gasteiger partial charge < -0.3 is 0 Å². The van der Waals surface area contributed by atoms with E-state index in [-0.39, 0.29) is 0 Å². The average molecular weight is 207 g/mol. The van der Waals surface area contributed by atoms with E-state index in [1.807, 2.05) is 13.8 Å². The number of allylic oxidation sites excluding steroid dienone is 1. The van der Waals surface area contributed by atoms with Crippen LogP contribution in [-0.4, -0.2) is 6.54 Å². The van der Waals surface area contributed by atoms with Crippen LogP contribution in [0.5, 0.6) is 0 Å². The number of nitrogens with zero attached hydrogens (tertiary/aromatic N) is 2. The maximum atomic E-state index is 5.76. The van der Waals surface area contributed by atoms with Crippen LogP contribution >= 0.6 is 23.2 Å². The molecule has 0 saturated heterocycles. The van der Waals surface area contributed by atoms with Gasteiger partial charge >= 0.3 is 0 Å². The molecule has 0 aromatic heterocycles. The third-order valence-electron chi connectivity index (χ3n) is 1.28. The molecular formula is C8H12Cl2N2. The second-order valence-electron chi connectivity index (χ2n) is 2.34. The zero-order valence-electron chi connectivity index (χ0n) is 7.27. The Kier molecular flexibility index (Phi) is 6.03. The summed E-state index contributed by atoms with van der Waals surface area (Å²) in [7, 11) is 0. The number of azo groups is 1.